The normalized spacial score (nSPS) is 11.2. The van der Waals surface area contributed by atoms with Crippen molar-refractivity contribution in [3.8, 4) is 0 Å². The largest absolute Gasteiger partial charge is 0.417 e. The quantitative estimate of drug-likeness (QED) is 0.607. The third-order valence-corrected chi connectivity index (χ3v) is 4.27. The molecule has 0 fully saturated rings. The molecule has 1 amide bonds. The first-order valence-electron chi connectivity index (χ1n) is 8.79. The van der Waals surface area contributed by atoms with Crippen LogP contribution in [-0.4, -0.2) is 15.8 Å². The standard InChI is InChI=1S/C22H19F3N2O/c23-22(24,25)19-11-12-20(26-14-19)13-21(28)27(15-17-7-3-1-4-8-17)16-18-9-5-2-6-10-18/h1-12,14H,13,15-16H2. The Labute approximate surface area is 161 Å². The van der Waals surface area contributed by atoms with E-state index in [1.54, 1.807) is 4.90 Å². The zero-order valence-electron chi connectivity index (χ0n) is 15.1. The Morgan fingerprint density at radius 3 is 1.79 bits per heavy atom. The molecule has 0 spiro atoms. The molecule has 2 aromatic carbocycles. The van der Waals surface area contributed by atoms with Crippen molar-refractivity contribution in [1.29, 1.82) is 0 Å². The monoisotopic (exact) mass is 384 g/mol. The van der Waals surface area contributed by atoms with Gasteiger partial charge in [0.25, 0.3) is 0 Å². The zero-order valence-corrected chi connectivity index (χ0v) is 15.1. The van der Waals surface area contributed by atoms with Gasteiger partial charge in [0.2, 0.25) is 5.91 Å². The van der Waals surface area contributed by atoms with Gasteiger partial charge in [0.1, 0.15) is 0 Å². The summed E-state index contributed by atoms with van der Waals surface area (Å²) in [5, 5.41) is 0. The number of rotatable bonds is 6. The molecule has 0 aliphatic carbocycles. The van der Waals surface area contributed by atoms with Crippen molar-refractivity contribution < 1.29 is 18.0 Å². The average Bonchev–Trinajstić information content (AvgIpc) is 2.69. The summed E-state index contributed by atoms with van der Waals surface area (Å²) in [6.07, 6.45) is -3.73. The molecule has 0 saturated carbocycles. The predicted octanol–water partition coefficient (Wildman–Crippen LogP) is 4.87. The molecular formula is C22H19F3N2O. The molecule has 3 rings (SSSR count). The second kappa shape index (κ2) is 8.69. The third-order valence-electron chi connectivity index (χ3n) is 4.27. The van der Waals surface area contributed by atoms with Crippen LogP contribution in [0.5, 0.6) is 0 Å². The first-order valence-corrected chi connectivity index (χ1v) is 8.79. The lowest BCUT2D eigenvalue weighted by atomic mass is 10.1. The smallest absolute Gasteiger partial charge is 0.334 e. The fourth-order valence-electron chi connectivity index (χ4n) is 2.80. The lowest BCUT2D eigenvalue weighted by molar-refractivity contribution is -0.137. The Hall–Kier alpha value is -3.15. The number of aromatic nitrogens is 1. The Kier molecular flexibility index (Phi) is 6.09. The molecule has 0 unspecified atom stereocenters. The summed E-state index contributed by atoms with van der Waals surface area (Å²) >= 11 is 0. The highest BCUT2D eigenvalue weighted by atomic mass is 19.4. The van der Waals surface area contributed by atoms with Gasteiger partial charge in [-0.25, -0.2) is 0 Å². The Balaban J connectivity index is 1.75. The summed E-state index contributed by atoms with van der Waals surface area (Å²) in [5.74, 6) is -0.194. The SMILES string of the molecule is O=C(Cc1ccc(C(F)(F)F)cn1)N(Cc1ccccc1)Cc1ccccc1. The molecule has 28 heavy (non-hydrogen) atoms. The number of carbonyl (C=O) groups is 1. The van der Waals surface area contributed by atoms with E-state index in [0.29, 0.717) is 18.8 Å². The van der Waals surface area contributed by atoms with Crippen LogP contribution in [0.15, 0.2) is 79.0 Å². The molecule has 3 aromatic rings. The van der Waals surface area contributed by atoms with Crippen molar-refractivity contribution in [2.75, 3.05) is 0 Å². The molecule has 1 heterocycles. The van der Waals surface area contributed by atoms with E-state index in [4.69, 9.17) is 0 Å². The number of benzene rings is 2. The fraction of sp³-hybridized carbons (Fsp3) is 0.182. The molecule has 0 aliphatic heterocycles. The van der Waals surface area contributed by atoms with E-state index in [0.717, 1.165) is 23.4 Å². The van der Waals surface area contributed by atoms with Gasteiger partial charge in [0, 0.05) is 25.0 Å². The molecule has 0 radical (unpaired) electrons. The van der Waals surface area contributed by atoms with E-state index in [9.17, 15) is 18.0 Å². The van der Waals surface area contributed by atoms with Crippen LogP contribution in [0, 0.1) is 0 Å². The minimum Gasteiger partial charge on any atom is -0.334 e. The first-order chi connectivity index (χ1) is 13.4. The molecule has 144 valence electrons. The number of hydrogen-bond donors (Lipinski definition) is 0. The fourth-order valence-corrected chi connectivity index (χ4v) is 2.80. The highest BCUT2D eigenvalue weighted by Gasteiger charge is 2.30. The van der Waals surface area contributed by atoms with Crippen LogP contribution in [0.4, 0.5) is 13.2 Å². The molecule has 6 heteroatoms. The van der Waals surface area contributed by atoms with Gasteiger partial charge in [-0.2, -0.15) is 13.2 Å². The van der Waals surface area contributed by atoms with Crippen LogP contribution >= 0.6 is 0 Å². The second-order valence-corrected chi connectivity index (χ2v) is 6.43. The number of carbonyl (C=O) groups excluding carboxylic acids is 1. The summed E-state index contributed by atoms with van der Waals surface area (Å²) < 4.78 is 38.0. The number of halogens is 3. The van der Waals surface area contributed by atoms with E-state index in [2.05, 4.69) is 4.98 Å². The van der Waals surface area contributed by atoms with E-state index in [1.807, 2.05) is 60.7 Å². The molecule has 0 saturated heterocycles. The maximum Gasteiger partial charge on any atom is 0.417 e. The van der Waals surface area contributed by atoms with Crippen molar-refractivity contribution in [1.82, 2.24) is 9.88 Å². The van der Waals surface area contributed by atoms with Gasteiger partial charge < -0.3 is 4.90 Å². The molecular weight excluding hydrogens is 365 g/mol. The van der Waals surface area contributed by atoms with Crippen LogP contribution in [-0.2, 0) is 30.5 Å². The Morgan fingerprint density at radius 2 is 1.36 bits per heavy atom. The number of pyridine rings is 1. The van der Waals surface area contributed by atoms with Crippen molar-refractivity contribution >= 4 is 5.91 Å². The van der Waals surface area contributed by atoms with Gasteiger partial charge in [-0.3, -0.25) is 9.78 Å². The van der Waals surface area contributed by atoms with Crippen LogP contribution in [0.2, 0.25) is 0 Å². The van der Waals surface area contributed by atoms with Crippen molar-refractivity contribution in [2.45, 2.75) is 25.7 Å². The molecule has 0 atom stereocenters. The maximum atomic E-state index is 12.9. The molecule has 0 N–H and O–H groups in total. The van der Waals surface area contributed by atoms with Crippen LogP contribution < -0.4 is 0 Å². The first kappa shape index (κ1) is 19.6. The van der Waals surface area contributed by atoms with E-state index >= 15 is 0 Å². The van der Waals surface area contributed by atoms with Gasteiger partial charge >= 0.3 is 6.18 Å². The average molecular weight is 384 g/mol. The van der Waals surface area contributed by atoms with Gasteiger partial charge in [-0.15, -0.1) is 0 Å². The summed E-state index contributed by atoms with van der Waals surface area (Å²) in [6.45, 7) is 0.824. The second-order valence-electron chi connectivity index (χ2n) is 6.43. The third kappa shape index (κ3) is 5.42. The summed E-state index contributed by atoms with van der Waals surface area (Å²) in [4.78, 5) is 18.4. The zero-order chi connectivity index (χ0) is 20.0. The number of alkyl halides is 3. The highest BCUT2D eigenvalue weighted by Crippen LogP contribution is 2.28. The van der Waals surface area contributed by atoms with Crippen molar-refractivity contribution in [2.24, 2.45) is 0 Å². The van der Waals surface area contributed by atoms with Crippen molar-refractivity contribution in [3.63, 3.8) is 0 Å². The number of nitrogens with zero attached hydrogens (tertiary/aromatic N) is 2. The van der Waals surface area contributed by atoms with Crippen LogP contribution in [0.3, 0.4) is 0 Å². The maximum absolute atomic E-state index is 12.9. The van der Waals surface area contributed by atoms with Crippen LogP contribution in [0.1, 0.15) is 22.4 Å². The summed E-state index contributed by atoms with van der Waals surface area (Å²) in [5.41, 5.74) is 1.44. The summed E-state index contributed by atoms with van der Waals surface area (Å²) in [7, 11) is 0. The lowest BCUT2D eigenvalue weighted by Gasteiger charge is -2.23. The highest BCUT2D eigenvalue weighted by molar-refractivity contribution is 5.78. The van der Waals surface area contributed by atoms with Gasteiger partial charge in [0.05, 0.1) is 12.0 Å². The topological polar surface area (TPSA) is 33.2 Å². The molecule has 0 bridgehead atoms. The number of amides is 1. The number of hydrogen-bond acceptors (Lipinski definition) is 2. The van der Waals surface area contributed by atoms with E-state index < -0.39 is 11.7 Å². The molecule has 3 nitrogen and oxygen atoms in total. The Bertz CT molecular complexity index is 853. The van der Waals surface area contributed by atoms with E-state index in [1.165, 1.54) is 6.07 Å². The van der Waals surface area contributed by atoms with Gasteiger partial charge in [-0.1, -0.05) is 60.7 Å². The lowest BCUT2D eigenvalue weighted by Crippen LogP contribution is -2.31. The predicted molar refractivity (Wildman–Crippen MR) is 100 cm³/mol. The Morgan fingerprint density at radius 1 is 0.821 bits per heavy atom. The minimum atomic E-state index is -4.44. The summed E-state index contributed by atoms with van der Waals surface area (Å²) in [6, 6.07) is 21.3. The van der Waals surface area contributed by atoms with Gasteiger partial charge in [-0.05, 0) is 23.3 Å². The minimum absolute atomic E-state index is 0.0577. The van der Waals surface area contributed by atoms with Crippen LogP contribution in [0.25, 0.3) is 0 Å². The van der Waals surface area contributed by atoms with E-state index in [-0.39, 0.29) is 12.3 Å². The van der Waals surface area contributed by atoms with Gasteiger partial charge in [0.15, 0.2) is 0 Å². The molecule has 0 aliphatic rings. The van der Waals surface area contributed by atoms with Crippen molar-refractivity contribution in [3.05, 3.63) is 101 Å². The molecule has 1 aromatic heterocycles.